The number of nitrogens with one attached hydrogen (secondary N) is 2. The van der Waals surface area contributed by atoms with Gasteiger partial charge in [-0.25, -0.2) is 4.79 Å². The second-order valence-corrected chi connectivity index (χ2v) is 7.38. The second kappa shape index (κ2) is 8.69. The van der Waals surface area contributed by atoms with Gasteiger partial charge in [-0.1, -0.05) is 30.3 Å². The highest BCUT2D eigenvalue weighted by Crippen LogP contribution is 2.20. The molecule has 0 spiro atoms. The largest absolute Gasteiger partial charge is 0.444 e. The molecule has 0 unspecified atom stereocenters. The van der Waals surface area contributed by atoms with Crippen molar-refractivity contribution in [3.63, 3.8) is 0 Å². The number of nitrogens with zero attached hydrogens (tertiary/aromatic N) is 1. The molecule has 2 rings (SSSR count). The molecule has 0 saturated carbocycles. The monoisotopic (exact) mass is 361 g/mol. The first-order valence-corrected chi connectivity index (χ1v) is 8.81. The molecule has 7 nitrogen and oxygen atoms in total. The van der Waals surface area contributed by atoms with Crippen LogP contribution in [0.15, 0.2) is 30.3 Å². The number of hydrogen-bond acceptors (Lipinski definition) is 4. The highest BCUT2D eigenvalue weighted by Gasteiger charge is 2.34. The van der Waals surface area contributed by atoms with E-state index in [1.807, 2.05) is 30.3 Å². The summed E-state index contributed by atoms with van der Waals surface area (Å²) in [4.78, 5) is 37.6. The van der Waals surface area contributed by atoms with Crippen molar-refractivity contribution in [3.8, 4) is 0 Å². The van der Waals surface area contributed by atoms with E-state index in [2.05, 4.69) is 10.6 Å². The lowest BCUT2D eigenvalue weighted by Crippen LogP contribution is -2.40. The SMILES string of the molecule is CC(C)(C)OC(=O)NCCNC(=O)[C@H]1CC(=O)N(Cc2ccccc2)C1. The molecule has 0 bridgehead atoms. The van der Waals surface area contributed by atoms with Crippen LogP contribution in [0.1, 0.15) is 32.8 Å². The number of rotatable bonds is 6. The van der Waals surface area contributed by atoms with Crippen molar-refractivity contribution in [3.05, 3.63) is 35.9 Å². The van der Waals surface area contributed by atoms with Gasteiger partial charge in [0.1, 0.15) is 5.60 Å². The molecule has 0 aromatic heterocycles. The van der Waals surface area contributed by atoms with Gasteiger partial charge in [0.25, 0.3) is 0 Å². The zero-order valence-corrected chi connectivity index (χ0v) is 15.6. The summed E-state index contributed by atoms with van der Waals surface area (Å²) in [6, 6.07) is 9.71. The molecule has 3 amide bonds. The first kappa shape index (κ1) is 19.8. The van der Waals surface area contributed by atoms with Crippen LogP contribution in [-0.2, 0) is 20.9 Å². The lowest BCUT2D eigenvalue weighted by atomic mass is 10.1. The van der Waals surface area contributed by atoms with Gasteiger partial charge in [0.2, 0.25) is 11.8 Å². The lowest BCUT2D eigenvalue weighted by molar-refractivity contribution is -0.129. The van der Waals surface area contributed by atoms with E-state index in [0.717, 1.165) is 5.56 Å². The Morgan fingerprint density at radius 3 is 2.46 bits per heavy atom. The third kappa shape index (κ3) is 6.38. The topological polar surface area (TPSA) is 87.7 Å². The number of likely N-dealkylation sites (tertiary alicyclic amines) is 1. The van der Waals surface area contributed by atoms with Crippen molar-refractivity contribution in [1.29, 1.82) is 0 Å². The standard InChI is InChI=1S/C19H27N3O4/c1-19(2,3)26-18(25)21-10-9-20-17(24)15-11-16(23)22(13-15)12-14-7-5-4-6-8-14/h4-8,15H,9-13H2,1-3H3,(H,20,24)(H,21,25)/t15-/m0/s1. The van der Waals surface area contributed by atoms with Gasteiger partial charge in [0.05, 0.1) is 5.92 Å². The summed E-state index contributed by atoms with van der Waals surface area (Å²) in [6.45, 7) is 6.85. The van der Waals surface area contributed by atoms with Gasteiger partial charge in [-0.3, -0.25) is 9.59 Å². The smallest absolute Gasteiger partial charge is 0.407 e. The number of carbonyl (C=O) groups excluding carboxylic acids is 3. The van der Waals surface area contributed by atoms with Crippen molar-refractivity contribution >= 4 is 17.9 Å². The number of benzene rings is 1. The number of ether oxygens (including phenoxy) is 1. The van der Waals surface area contributed by atoms with Crippen LogP contribution >= 0.6 is 0 Å². The van der Waals surface area contributed by atoms with Crippen LogP contribution in [0.25, 0.3) is 0 Å². The molecule has 1 atom stereocenters. The molecule has 142 valence electrons. The van der Waals surface area contributed by atoms with Crippen LogP contribution < -0.4 is 10.6 Å². The molecule has 1 aromatic rings. The highest BCUT2D eigenvalue weighted by molar-refractivity contribution is 5.89. The molecule has 1 aliphatic rings. The van der Waals surface area contributed by atoms with Gasteiger partial charge >= 0.3 is 6.09 Å². The Morgan fingerprint density at radius 1 is 1.15 bits per heavy atom. The predicted octanol–water partition coefficient (Wildman–Crippen LogP) is 1.68. The molecule has 26 heavy (non-hydrogen) atoms. The van der Waals surface area contributed by atoms with E-state index in [9.17, 15) is 14.4 Å². The van der Waals surface area contributed by atoms with E-state index in [1.54, 1.807) is 25.7 Å². The van der Waals surface area contributed by atoms with Crippen LogP contribution in [0.3, 0.4) is 0 Å². The summed E-state index contributed by atoms with van der Waals surface area (Å²) in [5, 5.41) is 5.34. The summed E-state index contributed by atoms with van der Waals surface area (Å²) in [5.41, 5.74) is 0.489. The fourth-order valence-electron chi connectivity index (χ4n) is 2.71. The summed E-state index contributed by atoms with van der Waals surface area (Å²) >= 11 is 0. The molecular formula is C19H27N3O4. The molecular weight excluding hydrogens is 334 g/mol. The lowest BCUT2D eigenvalue weighted by Gasteiger charge is -2.20. The van der Waals surface area contributed by atoms with Gasteiger partial charge in [0.15, 0.2) is 0 Å². The predicted molar refractivity (Wildman–Crippen MR) is 97.2 cm³/mol. The third-order valence-corrected chi connectivity index (χ3v) is 3.89. The highest BCUT2D eigenvalue weighted by atomic mass is 16.6. The molecule has 0 aliphatic carbocycles. The number of amides is 3. The average molecular weight is 361 g/mol. The Hall–Kier alpha value is -2.57. The Bertz CT molecular complexity index is 640. The van der Waals surface area contributed by atoms with Gasteiger partial charge < -0.3 is 20.3 Å². The van der Waals surface area contributed by atoms with Crippen molar-refractivity contribution in [2.75, 3.05) is 19.6 Å². The summed E-state index contributed by atoms with van der Waals surface area (Å²) in [7, 11) is 0. The first-order valence-electron chi connectivity index (χ1n) is 8.81. The summed E-state index contributed by atoms with van der Waals surface area (Å²) in [5.74, 6) is -0.534. The minimum Gasteiger partial charge on any atom is -0.444 e. The van der Waals surface area contributed by atoms with Gasteiger partial charge in [-0.2, -0.15) is 0 Å². The van der Waals surface area contributed by atoms with Crippen molar-refractivity contribution in [2.45, 2.75) is 39.3 Å². The minimum absolute atomic E-state index is 0.0131. The summed E-state index contributed by atoms with van der Waals surface area (Å²) in [6.07, 6.45) is -0.296. The van der Waals surface area contributed by atoms with E-state index >= 15 is 0 Å². The normalized spacial score (nSPS) is 17.1. The molecule has 1 aromatic carbocycles. The van der Waals surface area contributed by atoms with Crippen LogP contribution in [0, 0.1) is 5.92 Å². The number of alkyl carbamates (subject to hydrolysis) is 1. The number of carbonyl (C=O) groups is 3. The maximum Gasteiger partial charge on any atom is 0.407 e. The molecule has 1 aliphatic heterocycles. The molecule has 1 saturated heterocycles. The van der Waals surface area contributed by atoms with E-state index < -0.39 is 11.7 Å². The van der Waals surface area contributed by atoms with Crippen molar-refractivity contribution in [2.24, 2.45) is 5.92 Å². The first-order chi connectivity index (χ1) is 12.2. The second-order valence-electron chi connectivity index (χ2n) is 7.38. The van der Waals surface area contributed by atoms with Crippen LogP contribution in [-0.4, -0.2) is 48.0 Å². The fraction of sp³-hybridized carbons (Fsp3) is 0.526. The Balaban J connectivity index is 1.70. The molecule has 1 heterocycles. The van der Waals surface area contributed by atoms with Gasteiger partial charge in [-0.15, -0.1) is 0 Å². The van der Waals surface area contributed by atoms with Crippen molar-refractivity contribution in [1.82, 2.24) is 15.5 Å². The molecule has 0 radical (unpaired) electrons. The summed E-state index contributed by atoms with van der Waals surface area (Å²) < 4.78 is 5.12. The molecule has 7 heteroatoms. The Labute approximate surface area is 154 Å². The Kier molecular flexibility index (Phi) is 6.60. The fourth-order valence-corrected chi connectivity index (χ4v) is 2.71. The number of hydrogen-bond donors (Lipinski definition) is 2. The average Bonchev–Trinajstić information content (AvgIpc) is 2.92. The molecule has 2 N–H and O–H groups in total. The van der Waals surface area contributed by atoms with Crippen molar-refractivity contribution < 1.29 is 19.1 Å². The van der Waals surface area contributed by atoms with E-state index in [-0.39, 0.29) is 30.7 Å². The van der Waals surface area contributed by atoms with Crippen LogP contribution in [0.2, 0.25) is 0 Å². The maximum atomic E-state index is 12.2. The zero-order valence-electron chi connectivity index (χ0n) is 15.6. The zero-order chi connectivity index (χ0) is 19.2. The van der Waals surface area contributed by atoms with E-state index in [4.69, 9.17) is 4.74 Å². The minimum atomic E-state index is -0.556. The van der Waals surface area contributed by atoms with Gasteiger partial charge in [-0.05, 0) is 26.3 Å². The van der Waals surface area contributed by atoms with Crippen LogP contribution in [0.4, 0.5) is 4.79 Å². The molecule has 1 fully saturated rings. The Morgan fingerprint density at radius 2 is 1.81 bits per heavy atom. The quantitative estimate of drug-likeness (QED) is 0.755. The van der Waals surface area contributed by atoms with E-state index in [0.29, 0.717) is 19.6 Å². The van der Waals surface area contributed by atoms with Crippen LogP contribution in [0.5, 0.6) is 0 Å². The van der Waals surface area contributed by atoms with E-state index in [1.165, 1.54) is 0 Å². The third-order valence-electron chi connectivity index (χ3n) is 3.89. The van der Waals surface area contributed by atoms with Gasteiger partial charge in [0, 0.05) is 32.6 Å². The maximum absolute atomic E-state index is 12.2.